The van der Waals surface area contributed by atoms with Crippen LogP contribution in [0.1, 0.15) is 55.5 Å². The Bertz CT molecular complexity index is 488. The number of amides is 2. The molecule has 21 heavy (non-hydrogen) atoms. The third-order valence-corrected chi connectivity index (χ3v) is 4.32. The number of rotatable bonds is 6. The Morgan fingerprint density at radius 2 is 1.90 bits per heavy atom. The second-order valence-corrected chi connectivity index (χ2v) is 5.95. The van der Waals surface area contributed by atoms with E-state index in [1.807, 2.05) is 0 Å². The number of nitrogens with zero attached hydrogens (tertiary/aromatic N) is 1. The van der Waals surface area contributed by atoms with Gasteiger partial charge in [-0.15, -0.1) is 0 Å². The molecule has 0 radical (unpaired) electrons. The van der Waals surface area contributed by atoms with Gasteiger partial charge in [-0.2, -0.15) is 0 Å². The smallest absolute Gasteiger partial charge is 0.286 e. The van der Waals surface area contributed by atoms with E-state index in [9.17, 15) is 9.59 Å². The van der Waals surface area contributed by atoms with E-state index >= 15 is 0 Å². The van der Waals surface area contributed by atoms with Crippen molar-refractivity contribution in [3.05, 3.63) is 24.2 Å². The van der Waals surface area contributed by atoms with Crippen LogP contribution in [0.15, 0.2) is 22.8 Å². The summed E-state index contributed by atoms with van der Waals surface area (Å²) >= 11 is 0. The molecule has 2 aliphatic carbocycles. The molecule has 1 aromatic rings. The zero-order valence-electron chi connectivity index (χ0n) is 12.2. The summed E-state index contributed by atoms with van der Waals surface area (Å²) in [5.41, 5.74) is 0. The molecule has 0 aliphatic heterocycles. The van der Waals surface area contributed by atoms with Gasteiger partial charge in [-0.1, -0.05) is 12.8 Å². The minimum absolute atomic E-state index is 0.184. The summed E-state index contributed by atoms with van der Waals surface area (Å²) in [7, 11) is 0. The first kappa shape index (κ1) is 14.2. The maximum Gasteiger partial charge on any atom is 0.286 e. The van der Waals surface area contributed by atoms with Crippen LogP contribution in [0.3, 0.4) is 0 Å². The van der Waals surface area contributed by atoms with E-state index in [1.165, 1.54) is 19.1 Å². The van der Waals surface area contributed by atoms with Gasteiger partial charge in [-0.05, 0) is 37.8 Å². The summed E-state index contributed by atoms with van der Waals surface area (Å²) in [6.07, 6.45) is 8.87. The first-order valence-corrected chi connectivity index (χ1v) is 7.88. The van der Waals surface area contributed by atoms with Gasteiger partial charge in [0, 0.05) is 25.0 Å². The summed E-state index contributed by atoms with van der Waals surface area (Å²) in [6.45, 7) is 0.369. The first-order chi connectivity index (χ1) is 10.3. The lowest BCUT2D eigenvalue weighted by Gasteiger charge is -2.29. The number of carbonyl (C=O) groups is 2. The van der Waals surface area contributed by atoms with Crippen molar-refractivity contribution in [2.24, 2.45) is 0 Å². The van der Waals surface area contributed by atoms with Crippen molar-refractivity contribution in [2.75, 3.05) is 6.54 Å². The summed E-state index contributed by atoms with van der Waals surface area (Å²) in [4.78, 5) is 26.3. The molecule has 0 aromatic carbocycles. The maximum absolute atomic E-state index is 12.4. The molecule has 2 aliphatic rings. The second kappa shape index (κ2) is 6.33. The Kier molecular flexibility index (Phi) is 4.27. The molecule has 5 heteroatoms. The number of furan rings is 1. The van der Waals surface area contributed by atoms with E-state index in [4.69, 9.17) is 4.42 Å². The van der Waals surface area contributed by atoms with Crippen LogP contribution < -0.4 is 5.32 Å². The normalized spacial score (nSPS) is 18.7. The van der Waals surface area contributed by atoms with Crippen molar-refractivity contribution in [1.82, 2.24) is 10.2 Å². The Balaban J connectivity index is 1.47. The van der Waals surface area contributed by atoms with E-state index in [1.54, 1.807) is 12.1 Å². The maximum atomic E-state index is 12.4. The lowest BCUT2D eigenvalue weighted by Crippen LogP contribution is -2.42. The Hall–Kier alpha value is -1.78. The van der Waals surface area contributed by atoms with E-state index in [2.05, 4.69) is 10.2 Å². The fraction of sp³-hybridized carbons (Fsp3) is 0.625. The minimum Gasteiger partial charge on any atom is -0.459 e. The van der Waals surface area contributed by atoms with Gasteiger partial charge in [0.1, 0.15) is 0 Å². The number of hydrogen-bond acceptors (Lipinski definition) is 3. The lowest BCUT2D eigenvalue weighted by atomic mass is 10.2. The fourth-order valence-electron chi connectivity index (χ4n) is 3.15. The van der Waals surface area contributed by atoms with Crippen LogP contribution in [0.4, 0.5) is 0 Å². The summed E-state index contributed by atoms with van der Waals surface area (Å²) in [5, 5.41) is 2.74. The van der Waals surface area contributed by atoms with Crippen LogP contribution in [0, 0.1) is 0 Å². The van der Waals surface area contributed by atoms with E-state index in [0.29, 0.717) is 25.0 Å². The molecule has 0 unspecified atom stereocenters. The summed E-state index contributed by atoms with van der Waals surface area (Å²) < 4.78 is 5.02. The standard InChI is InChI=1S/C16H22N2O3/c19-15(9-10-17-16(20)14-6-3-11-21-14)18(13-7-8-13)12-4-1-2-5-12/h3,6,11-13H,1-2,4-5,7-10H2,(H,17,20). The van der Waals surface area contributed by atoms with Gasteiger partial charge in [-0.3, -0.25) is 9.59 Å². The minimum atomic E-state index is -0.258. The largest absolute Gasteiger partial charge is 0.459 e. The topological polar surface area (TPSA) is 62.6 Å². The third-order valence-electron chi connectivity index (χ3n) is 4.32. The molecule has 2 amide bonds. The highest BCUT2D eigenvalue weighted by Gasteiger charge is 2.37. The van der Waals surface area contributed by atoms with Crippen molar-refractivity contribution >= 4 is 11.8 Å². The molecule has 2 fully saturated rings. The van der Waals surface area contributed by atoms with Crippen LogP contribution in [0.25, 0.3) is 0 Å². The SMILES string of the molecule is O=C(NCCC(=O)N(C1CCCC1)C1CC1)c1ccco1. The molecule has 3 rings (SSSR count). The van der Waals surface area contributed by atoms with Crippen LogP contribution in [-0.2, 0) is 4.79 Å². The Morgan fingerprint density at radius 3 is 2.52 bits per heavy atom. The molecule has 5 nitrogen and oxygen atoms in total. The monoisotopic (exact) mass is 290 g/mol. The average Bonchev–Trinajstić information content (AvgIpc) is 2.97. The van der Waals surface area contributed by atoms with E-state index < -0.39 is 0 Å². The highest BCUT2D eigenvalue weighted by atomic mass is 16.3. The molecule has 0 spiro atoms. The summed E-state index contributed by atoms with van der Waals surface area (Å²) in [6, 6.07) is 4.19. The Morgan fingerprint density at radius 1 is 1.19 bits per heavy atom. The molecule has 0 saturated heterocycles. The van der Waals surface area contributed by atoms with Gasteiger partial charge < -0.3 is 14.6 Å². The van der Waals surface area contributed by atoms with Crippen molar-refractivity contribution < 1.29 is 14.0 Å². The second-order valence-electron chi connectivity index (χ2n) is 5.95. The van der Waals surface area contributed by atoms with Crippen molar-refractivity contribution in [2.45, 2.75) is 57.0 Å². The number of nitrogens with one attached hydrogen (secondary N) is 1. The predicted molar refractivity (Wildman–Crippen MR) is 77.8 cm³/mol. The van der Waals surface area contributed by atoms with Crippen molar-refractivity contribution in [3.63, 3.8) is 0 Å². The highest BCUT2D eigenvalue weighted by molar-refractivity contribution is 5.91. The molecule has 0 atom stereocenters. The zero-order chi connectivity index (χ0) is 14.7. The van der Waals surface area contributed by atoms with Crippen LogP contribution >= 0.6 is 0 Å². The van der Waals surface area contributed by atoms with E-state index in [0.717, 1.165) is 25.7 Å². The van der Waals surface area contributed by atoms with Crippen LogP contribution in [-0.4, -0.2) is 35.3 Å². The number of hydrogen-bond donors (Lipinski definition) is 1. The van der Waals surface area contributed by atoms with Gasteiger partial charge in [0.2, 0.25) is 5.91 Å². The molecular weight excluding hydrogens is 268 g/mol. The van der Waals surface area contributed by atoms with Gasteiger partial charge >= 0.3 is 0 Å². The molecule has 1 N–H and O–H groups in total. The molecule has 2 saturated carbocycles. The van der Waals surface area contributed by atoms with Crippen LogP contribution in [0.5, 0.6) is 0 Å². The molecule has 1 aromatic heterocycles. The fourth-order valence-corrected chi connectivity index (χ4v) is 3.15. The number of carbonyl (C=O) groups excluding carboxylic acids is 2. The van der Waals surface area contributed by atoms with Gasteiger partial charge in [0.25, 0.3) is 5.91 Å². The van der Waals surface area contributed by atoms with Gasteiger partial charge in [-0.25, -0.2) is 0 Å². The van der Waals surface area contributed by atoms with E-state index in [-0.39, 0.29) is 17.6 Å². The predicted octanol–water partition coefficient (Wildman–Crippen LogP) is 2.33. The van der Waals surface area contributed by atoms with Gasteiger partial charge in [0.05, 0.1) is 6.26 Å². The molecule has 1 heterocycles. The lowest BCUT2D eigenvalue weighted by molar-refractivity contribution is -0.134. The molecule has 0 bridgehead atoms. The summed E-state index contributed by atoms with van der Waals surface area (Å²) in [5.74, 6) is 0.216. The van der Waals surface area contributed by atoms with Gasteiger partial charge in [0.15, 0.2) is 5.76 Å². The van der Waals surface area contributed by atoms with Crippen LogP contribution in [0.2, 0.25) is 0 Å². The highest BCUT2D eigenvalue weighted by Crippen LogP contribution is 2.34. The quantitative estimate of drug-likeness (QED) is 0.874. The third kappa shape index (κ3) is 3.46. The zero-order valence-corrected chi connectivity index (χ0v) is 12.2. The Labute approximate surface area is 124 Å². The molecule has 114 valence electrons. The first-order valence-electron chi connectivity index (χ1n) is 7.88. The average molecular weight is 290 g/mol. The van der Waals surface area contributed by atoms with Crippen molar-refractivity contribution in [1.29, 1.82) is 0 Å². The van der Waals surface area contributed by atoms with Crippen molar-refractivity contribution in [3.8, 4) is 0 Å². The molecular formula is C16H22N2O3.